The Balaban J connectivity index is 1.40. The van der Waals surface area contributed by atoms with Gasteiger partial charge in [0.1, 0.15) is 11.3 Å². The van der Waals surface area contributed by atoms with Gasteiger partial charge in [0.05, 0.1) is 16.9 Å². The van der Waals surface area contributed by atoms with E-state index >= 15 is 0 Å². The smallest absolute Gasteiger partial charge is 0.249 e. The van der Waals surface area contributed by atoms with Crippen LogP contribution in [0.1, 0.15) is 35.6 Å². The number of hydrogen-bond donors (Lipinski definition) is 4. The molecule has 4 aromatic rings. The third-order valence-electron chi connectivity index (χ3n) is 5.25. The Kier molecular flexibility index (Phi) is 4.31. The number of aromatic amines is 2. The first-order chi connectivity index (χ1) is 14.4. The molecule has 5 N–H and O–H groups in total. The summed E-state index contributed by atoms with van der Waals surface area (Å²) in [7, 11) is 0. The van der Waals surface area contributed by atoms with Crippen molar-refractivity contribution in [2.45, 2.75) is 31.1 Å². The van der Waals surface area contributed by atoms with Gasteiger partial charge in [-0.3, -0.25) is 5.10 Å². The van der Waals surface area contributed by atoms with Gasteiger partial charge in [0.25, 0.3) is 0 Å². The van der Waals surface area contributed by atoms with Crippen LogP contribution in [-0.2, 0) is 6.42 Å². The molecule has 3 heterocycles. The molecule has 30 heavy (non-hydrogen) atoms. The van der Waals surface area contributed by atoms with Crippen LogP contribution in [0, 0.1) is 0 Å². The SMILES string of the molecule is Nc1ncc(Cc2ccc3[nH]cnc3c2Cl)c(Nc2cc(C3CC(F)(F)C3)[nH]n2)n1. The van der Waals surface area contributed by atoms with Gasteiger partial charge in [-0.1, -0.05) is 17.7 Å². The standard InChI is InChI=1S/C19H17ClF2N8/c20-15-9(1-2-12-16(15)26-8-25-12)3-10-7-24-18(23)28-17(10)27-14-4-13(29-30-14)11-5-19(21,22)6-11/h1-2,4,7-8,11H,3,5-6H2,(H,25,26)(H4,23,24,27,28,29,30). The molecule has 0 aliphatic heterocycles. The van der Waals surface area contributed by atoms with Gasteiger partial charge in [0, 0.05) is 48.7 Å². The van der Waals surface area contributed by atoms with Crippen molar-refractivity contribution >= 4 is 40.2 Å². The van der Waals surface area contributed by atoms with Crippen molar-refractivity contribution in [2.75, 3.05) is 11.1 Å². The first-order valence-electron chi connectivity index (χ1n) is 9.30. The van der Waals surface area contributed by atoms with E-state index in [1.165, 1.54) is 0 Å². The van der Waals surface area contributed by atoms with E-state index < -0.39 is 5.92 Å². The Morgan fingerprint density at radius 1 is 1.23 bits per heavy atom. The van der Waals surface area contributed by atoms with E-state index in [0.717, 1.165) is 16.6 Å². The number of imidazole rings is 1. The quantitative estimate of drug-likeness (QED) is 0.377. The number of fused-ring (bicyclic) bond motifs is 1. The molecule has 0 amide bonds. The average molecular weight is 431 g/mol. The normalized spacial score (nSPS) is 16.0. The topological polar surface area (TPSA) is 121 Å². The highest BCUT2D eigenvalue weighted by Crippen LogP contribution is 2.48. The highest BCUT2D eigenvalue weighted by atomic mass is 35.5. The number of anilines is 3. The number of H-pyrrole nitrogens is 2. The van der Waals surface area contributed by atoms with E-state index in [4.69, 9.17) is 17.3 Å². The van der Waals surface area contributed by atoms with Crippen molar-refractivity contribution in [3.63, 3.8) is 0 Å². The van der Waals surface area contributed by atoms with Crippen LogP contribution >= 0.6 is 11.6 Å². The molecule has 1 aliphatic carbocycles. The first kappa shape index (κ1) is 18.7. The van der Waals surface area contributed by atoms with Gasteiger partial charge >= 0.3 is 0 Å². The van der Waals surface area contributed by atoms with Crippen molar-refractivity contribution in [3.05, 3.63) is 52.6 Å². The van der Waals surface area contributed by atoms with Crippen LogP contribution in [0.2, 0.25) is 5.02 Å². The van der Waals surface area contributed by atoms with E-state index in [2.05, 4.69) is 35.5 Å². The highest BCUT2D eigenvalue weighted by molar-refractivity contribution is 6.35. The Labute approximate surface area is 174 Å². The van der Waals surface area contributed by atoms with Crippen LogP contribution in [0.4, 0.5) is 26.4 Å². The highest BCUT2D eigenvalue weighted by Gasteiger charge is 2.46. The predicted molar refractivity (Wildman–Crippen MR) is 109 cm³/mol. The molecular weight excluding hydrogens is 414 g/mol. The van der Waals surface area contributed by atoms with Gasteiger partial charge in [-0.2, -0.15) is 10.1 Å². The molecule has 5 rings (SSSR count). The maximum Gasteiger partial charge on any atom is 0.249 e. The molecule has 154 valence electrons. The number of halogens is 3. The lowest BCUT2D eigenvalue weighted by Crippen LogP contribution is -2.33. The number of aromatic nitrogens is 6. The summed E-state index contributed by atoms with van der Waals surface area (Å²) < 4.78 is 26.3. The fraction of sp³-hybridized carbons (Fsp3) is 0.263. The molecule has 0 atom stereocenters. The van der Waals surface area contributed by atoms with Crippen LogP contribution in [0.15, 0.2) is 30.7 Å². The molecule has 0 saturated heterocycles. The van der Waals surface area contributed by atoms with Crippen molar-refractivity contribution in [2.24, 2.45) is 0 Å². The van der Waals surface area contributed by atoms with Crippen molar-refractivity contribution < 1.29 is 8.78 Å². The minimum atomic E-state index is -2.59. The fourth-order valence-corrected chi connectivity index (χ4v) is 3.91. The number of nitrogens with zero attached hydrogens (tertiary/aromatic N) is 4. The lowest BCUT2D eigenvalue weighted by Gasteiger charge is -2.33. The summed E-state index contributed by atoms with van der Waals surface area (Å²) in [5, 5.41) is 10.6. The third-order valence-corrected chi connectivity index (χ3v) is 5.67. The van der Waals surface area contributed by atoms with Gasteiger partial charge in [-0.15, -0.1) is 0 Å². The molecule has 8 nitrogen and oxygen atoms in total. The average Bonchev–Trinajstić information content (AvgIpc) is 3.33. The molecule has 1 fully saturated rings. The molecule has 11 heteroatoms. The maximum atomic E-state index is 13.1. The number of nitrogen functional groups attached to an aromatic ring is 1. The molecule has 1 aromatic carbocycles. The molecule has 3 aromatic heterocycles. The van der Waals surface area contributed by atoms with Gasteiger partial charge in [-0.25, -0.2) is 18.7 Å². The summed E-state index contributed by atoms with van der Waals surface area (Å²) in [6.07, 6.45) is 3.31. The predicted octanol–water partition coefficient (Wildman–Crippen LogP) is 4.16. The van der Waals surface area contributed by atoms with Crippen LogP contribution < -0.4 is 11.1 Å². The Morgan fingerprint density at radius 3 is 2.87 bits per heavy atom. The second-order valence-electron chi connectivity index (χ2n) is 7.41. The molecule has 0 unspecified atom stereocenters. The van der Waals surface area contributed by atoms with E-state index in [1.807, 2.05) is 12.1 Å². The van der Waals surface area contributed by atoms with Crippen molar-refractivity contribution in [1.29, 1.82) is 0 Å². The molecule has 1 saturated carbocycles. The number of benzene rings is 1. The van der Waals surface area contributed by atoms with E-state index in [9.17, 15) is 8.78 Å². The van der Waals surface area contributed by atoms with Gasteiger partial charge in [0.2, 0.25) is 11.9 Å². The van der Waals surface area contributed by atoms with Crippen LogP contribution in [0.5, 0.6) is 0 Å². The van der Waals surface area contributed by atoms with Crippen molar-refractivity contribution in [1.82, 2.24) is 30.1 Å². The number of nitrogens with two attached hydrogens (primary N) is 1. The van der Waals surface area contributed by atoms with Crippen LogP contribution in [0.25, 0.3) is 11.0 Å². The number of alkyl halides is 2. The monoisotopic (exact) mass is 430 g/mol. The van der Waals surface area contributed by atoms with E-state index in [1.54, 1.807) is 18.6 Å². The Morgan fingerprint density at radius 2 is 2.07 bits per heavy atom. The molecule has 0 radical (unpaired) electrons. The Hall–Kier alpha value is -3.27. The Bertz CT molecular complexity index is 1230. The summed E-state index contributed by atoms with van der Waals surface area (Å²) in [4.78, 5) is 15.6. The second-order valence-corrected chi connectivity index (χ2v) is 7.79. The van der Waals surface area contributed by atoms with E-state index in [0.29, 0.717) is 34.3 Å². The molecular formula is C19H17ClF2N8. The maximum absolute atomic E-state index is 13.1. The zero-order valence-electron chi connectivity index (χ0n) is 15.6. The van der Waals surface area contributed by atoms with Gasteiger partial charge in [0.15, 0.2) is 5.82 Å². The summed E-state index contributed by atoms with van der Waals surface area (Å²) in [5.41, 5.74) is 9.57. The van der Waals surface area contributed by atoms with Crippen molar-refractivity contribution in [3.8, 4) is 0 Å². The van der Waals surface area contributed by atoms with E-state index in [-0.39, 0.29) is 24.7 Å². The number of nitrogens with one attached hydrogen (secondary N) is 3. The van der Waals surface area contributed by atoms with Crippen LogP contribution in [-0.4, -0.2) is 36.1 Å². The summed E-state index contributed by atoms with van der Waals surface area (Å²) in [6.45, 7) is 0. The third kappa shape index (κ3) is 3.43. The minimum Gasteiger partial charge on any atom is -0.368 e. The molecule has 1 aliphatic rings. The number of rotatable bonds is 5. The zero-order chi connectivity index (χ0) is 20.9. The summed E-state index contributed by atoms with van der Waals surface area (Å²) >= 11 is 6.51. The minimum absolute atomic E-state index is 0.101. The first-order valence-corrected chi connectivity index (χ1v) is 9.68. The van der Waals surface area contributed by atoms with Gasteiger partial charge in [-0.05, 0) is 11.6 Å². The summed E-state index contributed by atoms with van der Waals surface area (Å²) in [5.74, 6) is -1.78. The molecule has 0 spiro atoms. The zero-order valence-corrected chi connectivity index (χ0v) is 16.3. The second kappa shape index (κ2) is 6.91. The lowest BCUT2D eigenvalue weighted by atomic mass is 9.79. The fourth-order valence-electron chi connectivity index (χ4n) is 3.63. The van der Waals surface area contributed by atoms with Gasteiger partial charge < -0.3 is 16.0 Å². The summed E-state index contributed by atoms with van der Waals surface area (Å²) in [6, 6.07) is 5.53. The number of hydrogen-bond acceptors (Lipinski definition) is 6. The molecule has 0 bridgehead atoms. The largest absolute Gasteiger partial charge is 0.368 e. The lowest BCUT2D eigenvalue weighted by molar-refractivity contribution is -0.0876. The van der Waals surface area contributed by atoms with Crippen LogP contribution in [0.3, 0.4) is 0 Å².